The van der Waals surface area contributed by atoms with Crippen LogP contribution in [0.5, 0.6) is 0 Å². The fourth-order valence-corrected chi connectivity index (χ4v) is 2.99. The number of aryl methyl sites for hydroxylation is 1. The minimum atomic E-state index is 0.382. The van der Waals surface area contributed by atoms with Crippen molar-refractivity contribution in [2.75, 3.05) is 0 Å². The van der Waals surface area contributed by atoms with Crippen LogP contribution in [0.15, 0.2) is 28.7 Å². The van der Waals surface area contributed by atoms with Crippen molar-refractivity contribution in [3.8, 4) is 16.6 Å². The zero-order valence-corrected chi connectivity index (χ0v) is 11.1. The Kier molecular flexibility index (Phi) is 3.37. The van der Waals surface area contributed by atoms with Crippen LogP contribution < -0.4 is 0 Å². The summed E-state index contributed by atoms with van der Waals surface area (Å²) in [5.74, 6) is 0. The van der Waals surface area contributed by atoms with Crippen molar-refractivity contribution in [3.63, 3.8) is 0 Å². The van der Waals surface area contributed by atoms with Crippen molar-refractivity contribution >= 4 is 27.3 Å². The third-order valence-electron chi connectivity index (χ3n) is 2.24. The molecule has 0 aliphatic carbocycles. The van der Waals surface area contributed by atoms with E-state index in [0.717, 1.165) is 25.6 Å². The van der Waals surface area contributed by atoms with Gasteiger partial charge in [-0.3, -0.25) is 0 Å². The van der Waals surface area contributed by atoms with Crippen LogP contribution in [0, 0.1) is 18.3 Å². The Balaban J connectivity index is 2.46. The van der Waals surface area contributed by atoms with Crippen LogP contribution in [0.3, 0.4) is 0 Å². The molecule has 0 saturated carbocycles. The van der Waals surface area contributed by atoms with Gasteiger partial charge < -0.3 is 0 Å². The first-order valence-electron chi connectivity index (χ1n) is 4.80. The van der Waals surface area contributed by atoms with E-state index in [4.69, 9.17) is 5.26 Å². The zero-order chi connectivity index (χ0) is 11.5. The molecule has 1 aromatic carbocycles. The second-order valence-corrected chi connectivity index (χ2v) is 5.39. The van der Waals surface area contributed by atoms with E-state index in [9.17, 15) is 0 Å². The lowest BCUT2D eigenvalue weighted by Gasteiger charge is -1.98. The van der Waals surface area contributed by atoms with Gasteiger partial charge in [0.25, 0.3) is 0 Å². The highest BCUT2D eigenvalue weighted by Crippen LogP contribution is 2.32. The van der Waals surface area contributed by atoms with E-state index < -0.39 is 0 Å². The van der Waals surface area contributed by atoms with E-state index in [2.05, 4.69) is 27.0 Å². The van der Waals surface area contributed by atoms with Gasteiger partial charge in [-0.05, 0) is 13.0 Å². The van der Waals surface area contributed by atoms with Gasteiger partial charge in [-0.1, -0.05) is 34.1 Å². The lowest BCUT2D eigenvalue weighted by atomic mass is 10.2. The Bertz CT molecular complexity index is 554. The second kappa shape index (κ2) is 4.77. The Hall–Kier alpha value is -1.18. The number of thiazole rings is 1. The molecule has 0 aliphatic heterocycles. The fourth-order valence-electron chi connectivity index (χ4n) is 1.42. The lowest BCUT2D eigenvalue weighted by molar-refractivity contribution is 1.13. The third kappa shape index (κ3) is 2.16. The maximum atomic E-state index is 8.68. The molecule has 1 heterocycles. The van der Waals surface area contributed by atoms with Gasteiger partial charge in [0, 0.05) is 14.9 Å². The molecule has 2 nitrogen and oxygen atoms in total. The number of aromatic nitrogens is 1. The van der Waals surface area contributed by atoms with E-state index in [0.29, 0.717) is 6.42 Å². The van der Waals surface area contributed by atoms with Crippen LogP contribution in [0.25, 0.3) is 10.6 Å². The maximum absolute atomic E-state index is 8.68. The monoisotopic (exact) mass is 292 g/mol. The van der Waals surface area contributed by atoms with E-state index in [1.807, 2.05) is 31.2 Å². The predicted molar refractivity (Wildman–Crippen MR) is 69.3 cm³/mol. The minimum absolute atomic E-state index is 0.382. The number of nitrogens with zero attached hydrogens (tertiary/aromatic N) is 2. The van der Waals surface area contributed by atoms with Crippen LogP contribution in [0.1, 0.15) is 10.6 Å². The standard InChI is InChI=1S/C12H9BrN2S/c1-8-11(6-7-14)15-12(16-8)9-4-2-3-5-10(9)13/h2-5H,6H2,1H3. The van der Waals surface area contributed by atoms with E-state index >= 15 is 0 Å². The Labute approximate surface area is 107 Å². The minimum Gasteiger partial charge on any atom is -0.240 e. The number of benzene rings is 1. The van der Waals surface area contributed by atoms with Crippen LogP contribution in [-0.4, -0.2) is 4.98 Å². The summed E-state index contributed by atoms with van der Waals surface area (Å²) in [7, 11) is 0. The number of hydrogen-bond donors (Lipinski definition) is 0. The summed E-state index contributed by atoms with van der Waals surface area (Å²) < 4.78 is 1.03. The Morgan fingerprint density at radius 2 is 2.19 bits per heavy atom. The molecule has 2 rings (SSSR count). The normalized spacial score (nSPS) is 10.1. The van der Waals surface area contributed by atoms with Crippen molar-refractivity contribution in [1.29, 1.82) is 5.26 Å². The third-order valence-corrected chi connectivity index (χ3v) is 3.98. The van der Waals surface area contributed by atoms with Crippen LogP contribution in [-0.2, 0) is 6.42 Å². The van der Waals surface area contributed by atoms with E-state index in [1.54, 1.807) is 11.3 Å². The van der Waals surface area contributed by atoms with E-state index in [-0.39, 0.29) is 0 Å². The molecular formula is C12H9BrN2S. The van der Waals surface area contributed by atoms with Crippen LogP contribution >= 0.6 is 27.3 Å². The van der Waals surface area contributed by atoms with Gasteiger partial charge in [0.15, 0.2) is 0 Å². The summed E-state index contributed by atoms with van der Waals surface area (Å²) >= 11 is 5.14. The summed E-state index contributed by atoms with van der Waals surface area (Å²) in [6.45, 7) is 2.00. The average molecular weight is 293 g/mol. The van der Waals surface area contributed by atoms with Gasteiger partial charge in [-0.15, -0.1) is 11.3 Å². The summed E-state index contributed by atoms with van der Waals surface area (Å²) in [6.07, 6.45) is 0.382. The van der Waals surface area contributed by atoms with Gasteiger partial charge in [-0.25, -0.2) is 4.98 Å². The molecule has 0 amide bonds. The highest BCUT2D eigenvalue weighted by Gasteiger charge is 2.10. The Morgan fingerprint density at radius 1 is 1.44 bits per heavy atom. The first-order valence-corrected chi connectivity index (χ1v) is 6.41. The van der Waals surface area contributed by atoms with Crippen molar-refractivity contribution in [1.82, 2.24) is 4.98 Å². The van der Waals surface area contributed by atoms with Gasteiger partial charge in [-0.2, -0.15) is 5.26 Å². The molecule has 0 atom stereocenters. The maximum Gasteiger partial charge on any atom is 0.125 e. The number of halogens is 1. The molecule has 0 saturated heterocycles. The van der Waals surface area contributed by atoms with Gasteiger partial charge in [0.2, 0.25) is 0 Å². The summed E-state index contributed by atoms with van der Waals surface area (Å²) in [5, 5.41) is 9.65. The average Bonchev–Trinajstić information content (AvgIpc) is 2.61. The first-order chi connectivity index (χ1) is 7.72. The molecule has 0 fully saturated rings. The quantitative estimate of drug-likeness (QED) is 0.840. The van der Waals surface area contributed by atoms with Crippen molar-refractivity contribution in [2.45, 2.75) is 13.3 Å². The second-order valence-electron chi connectivity index (χ2n) is 3.34. The van der Waals surface area contributed by atoms with Crippen LogP contribution in [0.2, 0.25) is 0 Å². The van der Waals surface area contributed by atoms with Gasteiger partial charge in [0.05, 0.1) is 18.2 Å². The number of nitriles is 1. The van der Waals surface area contributed by atoms with Crippen LogP contribution in [0.4, 0.5) is 0 Å². The summed E-state index contributed by atoms with van der Waals surface area (Å²) in [6, 6.07) is 10.1. The smallest absolute Gasteiger partial charge is 0.125 e. The SMILES string of the molecule is Cc1sc(-c2ccccc2Br)nc1CC#N. The predicted octanol–water partition coefficient (Wildman–Crippen LogP) is 3.95. The first kappa shape index (κ1) is 11.3. The molecule has 2 aromatic rings. The molecule has 16 heavy (non-hydrogen) atoms. The molecule has 0 unspecified atom stereocenters. The number of hydrogen-bond acceptors (Lipinski definition) is 3. The molecule has 0 aliphatic rings. The summed E-state index contributed by atoms with van der Waals surface area (Å²) in [4.78, 5) is 5.61. The molecule has 0 spiro atoms. The Morgan fingerprint density at radius 3 is 2.88 bits per heavy atom. The topological polar surface area (TPSA) is 36.7 Å². The highest BCUT2D eigenvalue weighted by molar-refractivity contribution is 9.10. The molecule has 0 bridgehead atoms. The largest absolute Gasteiger partial charge is 0.240 e. The molecule has 1 aromatic heterocycles. The summed E-state index contributed by atoms with van der Waals surface area (Å²) in [5.41, 5.74) is 1.97. The zero-order valence-electron chi connectivity index (χ0n) is 8.70. The van der Waals surface area contributed by atoms with Gasteiger partial charge in [0.1, 0.15) is 5.01 Å². The highest BCUT2D eigenvalue weighted by atomic mass is 79.9. The van der Waals surface area contributed by atoms with Crippen molar-refractivity contribution < 1.29 is 0 Å². The van der Waals surface area contributed by atoms with Gasteiger partial charge >= 0.3 is 0 Å². The molecular weight excluding hydrogens is 284 g/mol. The molecule has 0 radical (unpaired) electrons. The molecule has 80 valence electrons. The van der Waals surface area contributed by atoms with E-state index in [1.165, 1.54) is 0 Å². The molecule has 4 heteroatoms. The fraction of sp³-hybridized carbons (Fsp3) is 0.167. The number of rotatable bonds is 2. The molecule has 0 N–H and O–H groups in total. The van der Waals surface area contributed by atoms with Crippen molar-refractivity contribution in [2.24, 2.45) is 0 Å². The lowest BCUT2D eigenvalue weighted by Crippen LogP contribution is -1.84. The van der Waals surface area contributed by atoms with Crippen molar-refractivity contribution in [3.05, 3.63) is 39.3 Å².